The van der Waals surface area contributed by atoms with Gasteiger partial charge in [0.2, 0.25) is 0 Å². The molecule has 0 saturated carbocycles. The molecule has 0 radical (unpaired) electrons. The molecule has 125 heavy (non-hydrogen) atoms. The number of benzene rings is 15. The van der Waals surface area contributed by atoms with Crippen LogP contribution >= 0.6 is 0 Å². The fourth-order valence-corrected chi connectivity index (χ4v) is 19.5. The Morgan fingerprint density at radius 3 is 1.01 bits per heavy atom. The number of nitrogens with zero attached hydrogens (tertiary/aromatic N) is 8. The van der Waals surface area contributed by atoms with E-state index in [2.05, 4.69) is 376 Å². The van der Waals surface area contributed by atoms with Crippen LogP contribution in [0.2, 0.25) is 0 Å². The zero-order chi connectivity index (χ0) is 84.5. The minimum absolute atomic E-state index is 0. The minimum atomic E-state index is 0. The first kappa shape index (κ1) is 80.5. The van der Waals surface area contributed by atoms with E-state index in [0.29, 0.717) is 5.92 Å². The molecule has 0 aliphatic rings. The molecule has 0 aliphatic heterocycles. The first-order valence-corrected chi connectivity index (χ1v) is 42.9. The number of hydrogen-bond acceptors (Lipinski definition) is 5. The van der Waals surface area contributed by atoms with Crippen molar-refractivity contribution in [3.63, 3.8) is 0 Å². The molecule has 0 saturated heterocycles. The number of fused-ring (bicyclic) bond motifs is 12. The van der Waals surface area contributed by atoms with Gasteiger partial charge in [0, 0.05) is 109 Å². The summed E-state index contributed by atoms with van der Waals surface area (Å²) >= 11 is 0. The molecule has 0 aliphatic carbocycles. The number of rotatable bonds is 15. The second-order valence-electron chi connectivity index (χ2n) is 33.5. The summed E-state index contributed by atoms with van der Waals surface area (Å²) in [6.07, 6.45) is 13.6. The molecule has 0 spiro atoms. The number of para-hydroxylation sites is 4. The first-order chi connectivity index (χ1) is 60.5. The van der Waals surface area contributed by atoms with E-state index in [1.54, 1.807) is 0 Å². The van der Waals surface area contributed by atoms with E-state index >= 15 is 0 Å². The third-order valence-electron chi connectivity index (χ3n) is 24.9. The normalized spacial score (nSPS) is 12.1. The van der Waals surface area contributed by atoms with E-state index in [-0.39, 0.29) is 26.0 Å². The van der Waals surface area contributed by atoms with E-state index in [4.69, 9.17) is 13.8 Å². The maximum atomic E-state index is 6.63. The summed E-state index contributed by atoms with van der Waals surface area (Å²) in [5, 5.41) is 9.33. The molecule has 15 aromatic carbocycles. The van der Waals surface area contributed by atoms with Crippen LogP contribution in [0.4, 0.5) is 0 Å². The Morgan fingerprint density at radius 1 is 0.320 bits per heavy atom. The zero-order valence-electron chi connectivity index (χ0n) is 72.0. The quantitative estimate of drug-likeness (QED) is 0.0954. The first-order valence-electron chi connectivity index (χ1n) is 42.9. The zero-order valence-corrected chi connectivity index (χ0v) is 74.4. The van der Waals surface area contributed by atoms with Crippen molar-refractivity contribution >= 4 is 87.5 Å². The monoisotopic (exact) mass is 1800 g/mol. The Bertz CT molecular complexity index is 7280. The summed E-state index contributed by atoms with van der Waals surface area (Å²) in [4.78, 5) is 13.9. The maximum Gasteiger partial charge on any atom is 3.00 e. The predicted octanol–water partition coefficient (Wildman–Crippen LogP) is 29.8. The molecule has 2 unspecified atom stereocenters. The second-order valence-corrected chi connectivity index (χ2v) is 33.5. The van der Waals surface area contributed by atoms with E-state index in [1.165, 1.54) is 122 Å². The number of aromatic nitrogens is 8. The van der Waals surface area contributed by atoms with Crippen LogP contribution in [0, 0.1) is 80.5 Å². The smallest absolute Gasteiger partial charge is 0.456 e. The van der Waals surface area contributed by atoms with Crippen LogP contribution in [-0.4, -0.2) is 37.8 Å². The van der Waals surface area contributed by atoms with Crippen molar-refractivity contribution in [2.75, 3.05) is 0 Å². The van der Waals surface area contributed by atoms with E-state index in [1.807, 2.05) is 79.5 Å². The molecule has 22 aromatic rings. The Labute approximate surface area is 742 Å². The number of imidazole rings is 3. The van der Waals surface area contributed by atoms with Gasteiger partial charge >= 0.3 is 20.1 Å². The molecule has 22 rings (SSSR count). The fourth-order valence-electron chi connectivity index (χ4n) is 19.5. The van der Waals surface area contributed by atoms with E-state index in [9.17, 15) is 0 Å². The van der Waals surface area contributed by atoms with Gasteiger partial charge in [0.05, 0.1) is 39.5 Å². The van der Waals surface area contributed by atoms with E-state index in [0.717, 1.165) is 125 Å². The van der Waals surface area contributed by atoms with Gasteiger partial charge in [0.15, 0.2) is 0 Å². The van der Waals surface area contributed by atoms with Crippen molar-refractivity contribution in [1.29, 1.82) is 0 Å². The average molecular weight is 1800 g/mol. The van der Waals surface area contributed by atoms with Gasteiger partial charge in [-0.2, -0.15) is 0 Å². The topological polar surface area (TPSA) is 89.6 Å². The number of furan rings is 2. The van der Waals surface area contributed by atoms with Crippen LogP contribution in [0.3, 0.4) is 0 Å². The standard InChI is InChI=1S/C78H59N4O2.2C18H17N2.Ir/c1-6-51(52-23-25-53(26-24-52)78-79-35-36-80(78)77-49(4)37-47(2)38-50(77)5)39-48(3)56-40-57(54-27-31-73-65(43-54)67-45-59(29-33-75(67)83-73)81-69-19-11-7-15-61(69)62-16-8-12-20-70(62)81)42-58(41-56)55-28-32-74-66(44-55)68-46-60(30-34-76(68)84-74)82-71-21-13-9-17-63(71)64-18-10-14-22-72(64)82;2*1-13-11-14(2)17(15(3)12-13)20-10-9-19-18(20)16-7-5-4-6-8-16;/h7-25,27-38,40-46,48,51H,6,39H2,1-5H3;2*4-7,9-12H,1-3H3;/q3*-1;+3. The molecule has 0 bridgehead atoms. The van der Waals surface area contributed by atoms with Gasteiger partial charge in [-0.3, -0.25) is 15.0 Å². The molecule has 0 amide bonds. The van der Waals surface area contributed by atoms with Gasteiger partial charge in [-0.15, -0.1) is 107 Å². The van der Waals surface area contributed by atoms with Gasteiger partial charge in [-0.25, -0.2) is 0 Å². The third kappa shape index (κ3) is 15.0. The van der Waals surface area contributed by atoms with Crippen LogP contribution in [0.15, 0.2) is 337 Å². The Balaban J connectivity index is 0.000000203. The van der Waals surface area contributed by atoms with Gasteiger partial charge < -0.3 is 31.7 Å². The van der Waals surface area contributed by atoms with Crippen LogP contribution in [0.1, 0.15) is 99.7 Å². The Morgan fingerprint density at radius 2 is 0.664 bits per heavy atom. The molecule has 0 N–H and O–H groups in total. The molecule has 7 heterocycles. The average Bonchev–Trinajstić information content (AvgIpc) is 1.59. The fraction of sp³-hybridized carbons (Fsp3) is 0.132. The van der Waals surface area contributed by atoms with Crippen LogP contribution < -0.4 is 0 Å². The van der Waals surface area contributed by atoms with Gasteiger partial charge in [-0.1, -0.05) is 176 Å². The predicted molar refractivity (Wildman–Crippen MR) is 513 cm³/mol. The largest absolute Gasteiger partial charge is 3.00 e. The third-order valence-corrected chi connectivity index (χ3v) is 24.9. The molecule has 7 aromatic heterocycles. The Kier molecular flexibility index (Phi) is 21.6. The summed E-state index contributed by atoms with van der Waals surface area (Å²) in [6, 6.07) is 115. The van der Waals surface area contributed by atoms with Crippen molar-refractivity contribution in [2.24, 2.45) is 0 Å². The molecular formula is C114H93IrN8O2. The number of aryl methyl sites for hydroxylation is 9. The van der Waals surface area contributed by atoms with Crippen molar-refractivity contribution in [2.45, 2.75) is 101 Å². The molecule has 11 heteroatoms. The molecule has 10 nitrogen and oxygen atoms in total. The van der Waals surface area contributed by atoms with Crippen LogP contribution in [0.5, 0.6) is 0 Å². The SMILES string of the molecule is CCC(CC(C)c1cc(-c2ccc3oc4ccc(-n5c6ccccc6c6ccccc65)cc4c3c2)cc(-c2ccc3oc4ccc(-n5c6ccccc6c6ccccc65)cc4c3c2)c1)c1c[c-]c(-c2nccn2-c2c(C)cc(C)cc2C)cc1.Cc1cc(C)c(-n2ccnc2-c2[c-]cccc2)c(C)c1.Cc1cc(C)c(-n2ccnc2-c2[c-]cccc2)c(C)c1.[Ir+3]. The van der Waals surface area contributed by atoms with E-state index < -0.39 is 0 Å². The Hall–Kier alpha value is -14.2. The van der Waals surface area contributed by atoms with Gasteiger partial charge in [0.25, 0.3) is 0 Å². The summed E-state index contributed by atoms with van der Waals surface area (Å²) in [7, 11) is 0. The molecular weight excluding hydrogens is 1710 g/mol. The second kappa shape index (κ2) is 33.5. The van der Waals surface area contributed by atoms with Gasteiger partial charge in [-0.05, 0) is 227 Å². The van der Waals surface area contributed by atoms with Crippen molar-refractivity contribution in [3.8, 4) is 84.9 Å². The summed E-state index contributed by atoms with van der Waals surface area (Å²) in [5.41, 5.74) is 35.6. The van der Waals surface area contributed by atoms with Crippen LogP contribution in [0.25, 0.3) is 172 Å². The van der Waals surface area contributed by atoms with Crippen LogP contribution in [-0.2, 0) is 20.1 Å². The summed E-state index contributed by atoms with van der Waals surface area (Å²) in [5.74, 6) is 3.30. The van der Waals surface area contributed by atoms with Crippen molar-refractivity contribution < 1.29 is 28.9 Å². The maximum absolute atomic E-state index is 6.63. The minimum Gasteiger partial charge on any atom is -0.456 e. The number of hydrogen-bond donors (Lipinski definition) is 0. The summed E-state index contributed by atoms with van der Waals surface area (Å²) < 4.78 is 24.5. The van der Waals surface area contributed by atoms with Crippen molar-refractivity contribution in [3.05, 3.63) is 408 Å². The summed E-state index contributed by atoms with van der Waals surface area (Å²) in [6.45, 7) is 24.1. The molecule has 610 valence electrons. The molecule has 2 atom stereocenters. The van der Waals surface area contributed by atoms with Gasteiger partial charge in [0.1, 0.15) is 22.3 Å². The van der Waals surface area contributed by atoms with Crippen molar-refractivity contribution in [1.82, 2.24) is 37.8 Å². The molecule has 0 fully saturated rings.